The van der Waals surface area contributed by atoms with Gasteiger partial charge in [0.15, 0.2) is 26.6 Å². The van der Waals surface area contributed by atoms with Crippen molar-refractivity contribution in [2.24, 2.45) is 5.92 Å². The van der Waals surface area contributed by atoms with Gasteiger partial charge in [0.25, 0.3) is 0 Å². The molecule has 0 aliphatic carbocycles. The Kier molecular flexibility index (Phi) is 9.69. The zero-order valence-electron chi connectivity index (χ0n) is 25.6. The van der Waals surface area contributed by atoms with Crippen molar-refractivity contribution in [3.05, 3.63) is 83.9 Å². The van der Waals surface area contributed by atoms with Crippen LogP contribution in [0.1, 0.15) is 66.0 Å². The molecule has 1 aliphatic rings. The largest absolute Gasteiger partial charge is 0.483 e. The summed E-state index contributed by atoms with van der Waals surface area (Å²) in [5.74, 6) is -0.423. The Morgan fingerprint density at radius 2 is 1.42 bits per heavy atom. The number of rotatable bonds is 8. The number of hydrogen-bond acceptors (Lipinski definition) is 5. The van der Waals surface area contributed by atoms with Gasteiger partial charge >= 0.3 is 15.4 Å². The molecule has 1 N–H and O–H groups in total. The number of benzene rings is 3. The van der Waals surface area contributed by atoms with Gasteiger partial charge in [0, 0.05) is 5.56 Å². The predicted molar refractivity (Wildman–Crippen MR) is 164 cm³/mol. The van der Waals surface area contributed by atoms with E-state index in [1.807, 2.05) is 19.1 Å². The molecule has 0 saturated carbocycles. The molecule has 0 amide bonds. The summed E-state index contributed by atoms with van der Waals surface area (Å²) < 4.78 is 77.0. The van der Waals surface area contributed by atoms with Crippen LogP contribution >= 0.6 is 0 Å². The second kappa shape index (κ2) is 12.5. The van der Waals surface area contributed by atoms with Crippen LogP contribution in [0.25, 0.3) is 0 Å². The van der Waals surface area contributed by atoms with Gasteiger partial charge in [-0.15, -0.1) is 0 Å². The van der Waals surface area contributed by atoms with Gasteiger partial charge in [-0.05, 0) is 105 Å². The highest BCUT2D eigenvalue weighted by atomic mass is 32.2. The van der Waals surface area contributed by atoms with Crippen molar-refractivity contribution < 1.29 is 36.0 Å². The van der Waals surface area contributed by atoms with E-state index in [0.717, 1.165) is 33.6 Å². The summed E-state index contributed by atoms with van der Waals surface area (Å²) in [4.78, 5) is 3.01. The van der Waals surface area contributed by atoms with Gasteiger partial charge in [0.2, 0.25) is 0 Å². The van der Waals surface area contributed by atoms with Crippen LogP contribution in [0, 0.1) is 5.92 Å². The van der Waals surface area contributed by atoms with Crippen molar-refractivity contribution >= 4 is 21.0 Å². The zero-order valence-corrected chi connectivity index (χ0v) is 27.3. The first-order valence-corrected chi connectivity index (χ1v) is 17.0. The van der Waals surface area contributed by atoms with E-state index in [0.29, 0.717) is 12.5 Å². The lowest BCUT2D eigenvalue weighted by Crippen LogP contribution is -2.42. The molecule has 5 unspecified atom stereocenters. The normalized spacial score (nSPS) is 23.3. The number of halogens is 2. The maximum Gasteiger partial charge on any atom is 0.405 e. The smallest absolute Gasteiger partial charge is 0.405 e. The Morgan fingerprint density at radius 1 is 0.930 bits per heavy atom. The summed E-state index contributed by atoms with van der Waals surface area (Å²) in [5.41, 5.74) is 2.11. The molecule has 1 aliphatic heterocycles. The molecular weight excluding hydrogens is 594 g/mol. The Morgan fingerprint density at radius 3 is 1.91 bits per heavy atom. The van der Waals surface area contributed by atoms with Gasteiger partial charge in [0.1, 0.15) is 5.75 Å². The van der Waals surface area contributed by atoms with Crippen LogP contribution in [-0.2, 0) is 41.7 Å². The topological polar surface area (TPSA) is 82.1 Å². The van der Waals surface area contributed by atoms with Crippen LogP contribution in [0.4, 0.5) is 8.78 Å². The van der Waals surface area contributed by atoms with E-state index in [4.69, 9.17) is 18.8 Å². The van der Waals surface area contributed by atoms with Crippen LogP contribution in [0.3, 0.4) is 0 Å². The highest BCUT2D eigenvalue weighted by Crippen LogP contribution is 2.38. The van der Waals surface area contributed by atoms with E-state index in [-0.39, 0.29) is 17.3 Å². The van der Waals surface area contributed by atoms with Crippen molar-refractivity contribution in [1.82, 2.24) is 0 Å². The van der Waals surface area contributed by atoms with Gasteiger partial charge in [0.05, 0.1) is 23.6 Å². The van der Waals surface area contributed by atoms with Gasteiger partial charge < -0.3 is 14.2 Å². The van der Waals surface area contributed by atoms with E-state index in [1.54, 1.807) is 12.1 Å². The average Bonchev–Trinajstić information content (AvgIpc) is 3.06. The second-order valence-corrected chi connectivity index (χ2v) is 15.8. The lowest BCUT2D eigenvalue weighted by atomic mass is 9.87. The van der Waals surface area contributed by atoms with Crippen LogP contribution in [0.15, 0.2) is 87.5 Å². The molecule has 0 bridgehead atoms. The zero-order chi connectivity index (χ0) is 31.8. The molecule has 6 nitrogen and oxygen atoms in total. The summed E-state index contributed by atoms with van der Waals surface area (Å²) in [6.45, 7) is 14.2. The summed E-state index contributed by atoms with van der Waals surface area (Å²) in [6.07, 6.45) is -1.12. The standard InChI is InChI=1S/C33H40F2O6S2/c1-22-20-21-39-32(7,41-23(22)2)26-10-16-29(17-11-26)42(28-14-8-25(9-15-28)31(4,5)6)30-18-12-27(13-19-30)40-24(3)33(34,35)43(36,37)38/h8-19,22-24H,20-21H2,1-7H3/p+1. The van der Waals surface area contributed by atoms with E-state index in [1.165, 1.54) is 17.7 Å². The summed E-state index contributed by atoms with van der Waals surface area (Å²) in [6, 6.07) is 23.3. The van der Waals surface area contributed by atoms with Crippen LogP contribution in [0.2, 0.25) is 0 Å². The minimum Gasteiger partial charge on any atom is -0.483 e. The highest BCUT2D eigenvalue weighted by molar-refractivity contribution is 7.97. The summed E-state index contributed by atoms with van der Waals surface area (Å²) in [5, 5.41) is -4.45. The first-order valence-electron chi connectivity index (χ1n) is 14.3. The molecule has 5 atom stereocenters. The molecule has 4 rings (SSSR count). The van der Waals surface area contributed by atoms with Gasteiger partial charge in [-0.1, -0.05) is 39.8 Å². The first kappa shape index (κ1) is 33.4. The minimum absolute atomic E-state index is 0.0125. The molecule has 1 fully saturated rings. The molecule has 43 heavy (non-hydrogen) atoms. The molecule has 234 valence electrons. The molecule has 1 heterocycles. The first-order chi connectivity index (χ1) is 19.9. The molecule has 0 radical (unpaired) electrons. The third kappa shape index (κ3) is 7.42. The third-order valence-corrected chi connectivity index (χ3v) is 11.2. The van der Waals surface area contributed by atoms with E-state index >= 15 is 0 Å². The highest BCUT2D eigenvalue weighted by Gasteiger charge is 2.51. The third-order valence-electron chi connectivity index (χ3n) is 7.92. The molecule has 3 aromatic carbocycles. The molecular formula is C33H41F2O6S2+. The molecule has 3 aromatic rings. The van der Waals surface area contributed by atoms with Crippen molar-refractivity contribution in [2.75, 3.05) is 6.61 Å². The van der Waals surface area contributed by atoms with E-state index in [2.05, 4.69) is 71.0 Å². The van der Waals surface area contributed by atoms with Crippen molar-refractivity contribution in [1.29, 1.82) is 0 Å². The fraction of sp³-hybridized carbons (Fsp3) is 0.455. The van der Waals surface area contributed by atoms with Crippen LogP contribution < -0.4 is 4.74 Å². The Labute approximate surface area is 256 Å². The fourth-order valence-electron chi connectivity index (χ4n) is 4.86. The number of ether oxygens (including phenoxy) is 3. The van der Waals surface area contributed by atoms with Crippen LogP contribution in [-0.4, -0.2) is 37.0 Å². The van der Waals surface area contributed by atoms with E-state index in [9.17, 15) is 17.2 Å². The van der Waals surface area contributed by atoms with Gasteiger partial charge in [-0.25, -0.2) is 0 Å². The van der Waals surface area contributed by atoms with Gasteiger partial charge in [-0.3, -0.25) is 4.55 Å². The lowest BCUT2D eigenvalue weighted by molar-refractivity contribution is -0.243. The lowest BCUT2D eigenvalue weighted by Gasteiger charge is -2.31. The number of hydrogen-bond donors (Lipinski definition) is 1. The summed E-state index contributed by atoms with van der Waals surface area (Å²) in [7, 11) is -6.19. The fourth-order valence-corrected chi connectivity index (χ4v) is 7.37. The van der Waals surface area contributed by atoms with E-state index < -0.39 is 38.2 Å². The molecule has 0 aromatic heterocycles. The van der Waals surface area contributed by atoms with Crippen molar-refractivity contribution in [2.45, 2.75) is 98.2 Å². The number of alkyl halides is 2. The Balaban J connectivity index is 1.68. The molecule has 1 saturated heterocycles. The van der Waals surface area contributed by atoms with Crippen LogP contribution in [0.5, 0.6) is 5.75 Å². The SMILES string of the molecule is CC1CCOC(C)(c2ccc([S+](c3ccc(OC(C)C(F)(F)S(=O)(=O)O)cc3)c3ccc(C(C)(C)C)cc3)cc2)OC1C. The maximum atomic E-state index is 14.1. The maximum absolute atomic E-state index is 14.1. The Hall–Kier alpha value is -2.50. The van der Waals surface area contributed by atoms with Gasteiger partial charge in [-0.2, -0.15) is 17.2 Å². The predicted octanol–water partition coefficient (Wildman–Crippen LogP) is 7.96. The Bertz CT molecular complexity index is 1490. The van der Waals surface area contributed by atoms with Crippen molar-refractivity contribution in [3.8, 4) is 5.75 Å². The molecule has 0 spiro atoms. The summed E-state index contributed by atoms with van der Waals surface area (Å²) >= 11 is 0. The quantitative estimate of drug-likeness (QED) is 0.200. The minimum atomic E-state index is -5.63. The monoisotopic (exact) mass is 635 g/mol. The second-order valence-electron chi connectivity index (χ2n) is 12.3. The molecule has 10 heteroatoms. The van der Waals surface area contributed by atoms with Crippen molar-refractivity contribution in [3.63, 3.8) is 0 Å². The average molecular weight is 636 g/mol.